The minimum Gasteiger partial charge on any atom is -0.309 e. The van der Waals surface area contributed by atoms with Crippen LogP contribution in [0.1, 0.15) is 18.1 Å². The first-order valence-corrected chi connectivity index (χ1v) is 21.1. The highest BCUT2D eigenvalue weighted by molar-refractivity contribution is 6.12. The van der Waals surface area contributed by atoms with Gasteiger partial charge in [-0.05, 0) is 158 Å². The predicted octanol–water partition coefficient (Wildman–Crippen LogP) is 18.0. The highest BCUT2D eigenvalue weighted by atomic mass is 19.4. The molecule has 9 aromatic carbocycles. The van der Waals surface area contributed by atoms with Crippen molar-refractivity contribution in [2.75, 3.05) is 0 Å². The molecule has 1 heterocycles. The molecule has 1 nitrogen and oxygen atoms in total. The third kappa shape index (κ3) is 8.18. The van der Waals surface area contributed by atoms with Gasteiger partial charge in [-0.3, -0.25) is 0 Å². The Hall–Kier alpha value is -7.92. The van der Waals surface area contributed by atoms with Gasteiger partial charge in [0.1, 0.15) is 5.82 Å². The molecule has 0 fully saturated rings. The fourth-order valence-electron chi connectivity index (χ4n) is 9.02. The molecule has 0 unspecified atom stereocenters. The second-order valence-electron chi connectivity index (χ2n) is 16.3. The summed E-state index contributed by atoms with van der Waals surface area (Å²) in [5.74, 6) is -0.583. The zero-order valence-corrected chi connectivity index (χ0v) is 35.2. The lowest BCUT2D eigenvalue weighted by Crippen LogP contribution is -2.08. The van der Waals surface area contributed by atoms with E-state index in [4.69, 9.17) is 1.37 Å². The van der Waals surface area contributed by atoms with Crippen molar-refractivity contribution in [2.45, 2.75) is 18.5 Å². The molecule has 0 aliphatic rings. The number of nitrogens with zero attached hydrogens (tertiary/aromatic N) is 1. The van der Waals surface area contributed by atoms with Crippen molar-refractivity contribution in [3.8, 4) is 72.4 Å². The van der Waals surface area contributed by atoms with E-state index in [9.17, 15) is 39.5 Å². The van der Waals surface area contributed by atoms with Crippen LogP contribution in [0.3, 0.4) is 0 Å². The number of hydrogen-bond donors (Lipinski definition) is 0. The van der Waals surface area contributed by atoms with Crippen LogP contribution >= 0.6 is 0 Å². The second-order valence-corrected chi connectivity index (χ2v) is 16.3. The first-order chi connectivity index (χ1) is 32.9. The lowest BCUT2D eigenvalue weighted by Gasteiger charge is -2.18. The summed E-state index contributed by atoms with van der Waals surface area (Å²) < 4.78 is 157. The highest BCUT2D eigenvalue weighted by Gasteiger charge is 2.36. The summed E-state index contributed by atoms with van der Waals surface area (Å²) in [6, 6.07) is 47.6. The third-order valence-corrected chi connectivity index (χ3v) is 12.0. The summed E-state index contributed by atoms with van der Waals surface area (Å²) in [7, 11) is 0. The molecule has 11 heteroatoms. The molecule has 10 aromatic rings. The lowest BCUT2D eigenvalue weighted by molar-refractivity contribution is -0.137. The molecular formula is C57H33F10N. The fraction of sp³-hybridized carbons (Fsp3) is 0.0526. The first-order valence-electron chi connectivity index (χ1n) is 21.6. The van der Waals surface area contributed by atoms with Crippen LogP contribution in [0.4, 0.5) is 43.9 Å². The molecule has 0 atom stereocenters. The van der Waals surface area contributed by atoms with E-state index in [0.717, 1.165) is 18.2 Å². The molecule has 0 N–H and O–H groups in total. The van der Waals surface area contributed by atoms with E-state index in [-0.39, 0.29) is 45.0 Å². The van der Waals surface area contributed by atoms with E-state index in [1.54, 1.807) is 72.8 Å². The van der Waals surface area contributed by atoms with Crippen molar-refractivity contribution in [2.24, 2.45) is 0 Å². The Morgan fingerprint density at radius 1 is 0.324 bits per heavy atom. The molecular weight excluding hydrogens is 889 g/mol. The number of aromatic nitrogens is 1. The van der Waals surface area contributed by atoms with Crippen LogP contribution in [0, 0.1) is 5.82 Å². The van der Waals surface area contributed by atoms with E-state index in [1.165, 1.54) is 97.1 Å². The Morgan fingerprint density at radius 2 is 0.676 bits per heavy atom. The predicted molar refractivity (Wildman–Crippen MR) is 248 cm³/mol. The van der Waals surface area contributed by atoms with E-state index >= 15 is 4.39 Å². The number of rotatable bonds is 7. The minimum absolute atomic E-state index is 0.0259. The second kappa shape index (κ2) is 16.7. The van der Waals surface area contributed by atoms with Crippen molar-refractivity contribution < 1.29 is 45.3 Å². The molecule has 1 aromatic heterocycles. The molecule has 0 aliphatic heterocycles. The van der Waals surface area contributed by atoms with Gasteiger partial charge in [0.2, 0.25) is 0 Å². The largest absolute Gasteiger partial charge is 0.417 e. The van der Waals surface area contributed by atoms with E-state index in [2.05, 4.69) is 0 Å². The van der Waals surface area contributed by atoms with Crippen LogP contribution in [0.25, 0.3) is 94.3 Å². The zero-order chi connectivity index (χ0) is 48.4. The van der Waals surface area contributed by atoms with Crippen molar-refractivity contribution in [3.63, 3.8) is 0 Å². The van der Waals surface area contributed by atoms with Gasteiger partial charge in [-0.2, -0.15) is 39.5 Å². The number of hydrogen-bond acceptors (Lipinski definition) is 0. The van der Waals surface area contributed by atoms with Crippen molar-refractivity contribution in [3.05, 3.63) is 223 Å². The SMILES string of the molecule is [2H]c1ccccc1-n1c2ccc(-c3cc(-c4ccccc4F)cc(-c4ccccc4C(F)(F)F)c3)cc2c2cc(-c3cc(-c4ccccc4C(F)(F)F)cc(-c4ccccc4C(F)(F)F)c3)ccc21. The van der Waals surface area contributed by atoms with Gasteiger partial charge in [0.25, 0.3) is 0 Å². The smallest absolute Gasteiger partial charge is 0.309 e. The highest BCUT2D eigenvalue weighted by Crippen LogP contribution is 2.45. The monoisotopic (exact) mass is 922 g/mol. The number of fused-ring (bicyclic) bond motifs is 3. The Balaban J connectivity index is 1.23. The summed E-state index contributed by atoms with van der Waals surface area (Å²) in [6.07, 6.45) is -14.3. The third-order valence-electron chi connectivity index (χ3n) is 12.0. The average Bonchev–Trinajstić information content (AvgIpc) is 3.66. The van der Waals surface area contributed by atoms with Gasteiger partial charge in [0, 0.05) is 22.0 Å². The Kier molecular flexibility index (Phi) is 10.5. The topological polar surface area (TPSA) is 4.93 Å². The van der Waals surface area contributed by atoms with E-state index in [1.807, 2.05) is 10.6 Å². The van der Waals surface area contributed by atoms with Gasteiger partial charge in [-0.15, -0.1) is 0 Å². The molecule has 0 bridgehead atoms. The van der Waals surface area contributed by atoms with E-state index in [0.29, 0.717) is 55.3 Å². The van der Waals surface area contributed by atoms with Crippen LogP contribution in [0.15, 0.2) is 200 Å². The van der Waals surface area contributed by atoms with Crippen LogP contribution in [-0.4, -0.2) is 4.57 Å². The van der Waals surface area contributed by atoms with Crippen molar-refractivity contribution in [1.29, 1.82) is 0 Å². The summed E-state index contributed by atoms with van der Waals surface area (Å²) >= 11 is 0. The minimum atomic E-state index is -4.79. The summed E-state index contributed by atoms with van der Waals surface area (Å²) in [4.78, 5) is 0. The van der Waals surface area contributed by atoms with Crippen LogP contribution in [-0.2, 0) is 18.5 Å². The van der Waals surface area contributed by atoms with Crippen molar-refractivity contribution in [1.82, 2.24) is 4.57 Å². The number of benzene rings is 9. The lowest BCUT2D eigenvalue weighted by atomic mass is 9.89. The maximum atomic E-state index is 15.5. The molecule has 68 heavy (non-hydrogen) atoms. The summed E-state index contributed by atoms with van der Waals surface area (Å²) in [5.41, 5.74) is 0.770. The van der Waals surface area contributed by atoms with Crippen LogP contribution in [0.2, 0.25) is 0 Å². The number of para-hydroxylation sites is 1. The zero-order valence-electron chi connectivity index (χ0n) is 36.2. The molecule has 0 spiro atoms. The summed E-state index contributed by atoms with van der Waals surface area (Å²) in [5, 5.41) is 1.18. The first kappa shape index (κ1) is 42.7. The molecule has 0 radical (unpaired) electrons. The standard InChI is InChI=1S/C57H33F10N/c58-52-21-11-7-17-46(52)41-29-37(28-40(31-41)45-16-6-10-20-51(45)57(65,66)67)35-23-25-54-48(33-35)47-32-34(22-24-53(47)68(54)42-12-2-1-3-13-42)36-26-38(43-14-4-8-18-49(43)55(59,60)61)30-39(27-36)44-15-5-9-19-50(44)56(62,63)64/h1-33H/i12D. The van der Waals surface area contributed by atoms with Gasteiger partial charge in [0.05, 0.1) is 29.1 Å². The molecule has 0 aliphatic carbocycles. The van der Waals surface area contributed by atoms with E-state index < -0.39 is 41.0 Å². The van der Waals surface area contributed by atoms with Crippen molar-refractivity contribution >= 4 is 21.8 Å². The van der Waals surface area contributed by atoms with Gasteiger partial charge in [0.15, 0.2) is 0 Å². The average molecular weight is 923 g/mol. The van der Waals surface area contributed by atoms with Crippen LogP contribution in [0.5, 0.6) is 0 Å². The van der Waals surface area contributed by atoms with Crippen LogP contribution < -0.4 is 0 Å². The molecule has 0 amide bonds. The summed E-state index contributed by atoms with van der Waals surface area (Å²) in [6.45, 7) is 0. The number of alkyl halides is 9. The quantitative estimate of drug-likeness (QED) is 0.140. The van der Waals surface area contributed by atoms with Gasteiger partial charge in [-0.1, -0.05) is 103 Å². The molecule has 336 valence electrons. The number of halogens is 10. The Labute approximate surface area is 384 Å². The Bertz CT molecular complexity index is 3540. The van der Waals surface area contributed by atoms with Gasteiger partial charge in [-0.25, -0.2) is 4.39 Å². The molecule has 0 saturated carbocycles. The molecule has 10 rings (SSSR count). The fourth-order valence-corrected chi connectivity index (χ4v) is 9.02. The maximum Gasteiger partial charge on any atom is 0.417 e. The maximum absolute atomic E-state index is 15.5. The molecule has 0 saturated heterocycles. The van der Waals surface area contributed by atoms with Gasteiger partial charge >= 0.3 is 18.5 Å². The van der Waals surface area contributed by atoms with Gasteiger partial charge < -0.3 is 4.57 Å². The normalized spacial score (nSPS) is 12.5. The Morgan fingerprint density at radius 3 is 1.07 bits per heavy atom.